The van der Waals surface area contributed by atoms with Crippen LogP contribution in [-0.2, 0) is 0 Å². The minimum atomic E-state index is -0.266. The third-order valence-corrected chi connectivity index (χ3v) is 2.84. The van der Waals surface area contributed by atoms with Gasteiger partial charge in [0.25, 0.3) is 5.91 Å². The lowest BCUT2D eigenvalue weighted by Crippen LogP contribution is -2.26. The fourth-order valence-corrected chi connectivity index (χ4v) is 1.80. The van der Waals surface area contributed by atoms with Crippen LogP contribution in [-0.4, -0.2) is 29.9 Å². The molecule has 2 rings (SSSR count). The summed E-state index contributed by atoms with van der Waals surface area (Å²) < 4.78 is 0. The van der Waals surface area contributed by atoms with Crippen molar-refractivity contribution in [1.82, 2.24) is 5.32 Å². The molecule has 0 fully saturated rings. The monoisotopic (exact) mass is 269 g/mol. The molecule has 0 unspecified atom stereocenters. The fraction of sp³-hybridized carbons (Fsp3) is 0.125. The molecule has 0 bridgehead atoms. The first kappa shape index (κ1) is 14.0. The standard InChI is InChI=1S/C16H15NO3/c18-11-10-17-16(20)14-8-6-13(7-9-14)15(19)12-4-2-1-3-5-12/h1-9,18H,10-11H2,(H,17,20). The van der Waals surface area contributed by atoms with Gasteiger partial charge in [0.1, 0.15) is 0 Å². The number of hydrogen-bond acceptors (Lipinski definition) is 3. The van der Waals surface area contributed by atoms with Crippen molar-refractivity contribution in [1.29, 1.82) is 0 Å². The summed E-state index contributed by atoms with van der Waals surface area (Å²) in [6.07, 6.45) is 0. The first-order valence-corrected chi connectivity index (χ1v) is 6.31. The van der Waals surface area contributed by atoms with Crippen LogP contribution in [0.15, 0.2) is 54.6 Å². The van der Waals surface area contributed by atoms with Crippen molar-refractivity contribution in [3.63, 3.8) is 0 Å². The Labute approximate surface area is 117 Å². The van der Waals surface area contributed by atoms with Gasteiger partial charge in [0.2, 0.25) is 0 Å². The zero-order chi connectivity index (χ0) is 14.4. The Bertz CT molecular complexity index is 591. The molecule has 2 aromatic rings. The van der Waals surface area contributed by atoms with Gasteiger partial charge in [-0.15, -0.1) is 0 Å². The summed E-state index contributed by atoms with van der Waals surface area (Å²) >= 11 is 0. The second kappa shape index (κ2) is 6.63. The number of benzene rings is 2. The van der Waals surface area contributed by atoms with Gasteiger partial charge in [-0.25, -0.2) is 0 Å². The molecule has 4 heteroatoms. The van der Waals surface area contributed by atoms with Gasteiger partial charge in [0.15, 0.2) is 5.78 Å². The number of carbonyl (C=O) groups is 2. The molecule has 0 aliphatic rings. The number of aliphatic hydroxyl groups is 1. The van der Waals surface area contributed by atoms with Crippen LogP contribution in [0.4, 0.5) is 0 Å². The van der Waals surface area contributed by atoms with Gasteiger partial charge in [-0.05, 0) is 12.1 Å². The summed E-state index contributed by atoms with van der Waals surface area (Å²) in [4.78, 5) is 23.8. The Morgan fingerprint density at radius 1 is 0.850 bits per heavy atom. The highest BCUT2D eigenvalue weighted by Gasteiger charge is 2.10. The topological polar surface area (TPSA) is 66.4 Å². The molecule has 0 spiro atoms. The number of amides is 1. The molecule has 0 atom stereocenters. The van der Waals surface area contributed by atoms with E-state index in [-0.39, 0.29) is 24.8 Å². The highest BCUT2D eigenvalue weighted by molar-refractivity contribution is 6.09. The lowest BCUT2D eigenvalue weighted by molar-refractivity contribution is 0.0943. The molecule has 0 radical (unpaired) electrons. The van der Waals surface area contributed by atoms with Crippen molar-refractivity contribution in [2.45, 2.75) is 0 Å². The highest BCUT2D eigenvalue weighted by Crippen LogP contribution is 2.11. The molecule has 102 valence electrons. The van der Waals surface area contributed by atoms with E-state index in [9.17, 15) is 9.59 Å². The molecule has 0 saturated carbocycles. The van der Waals surface area contributed by atoms with Gasteiger partial charge in [-0.1, -0.05) is 42.5 Å². The summed E-state index contributed by atoms with van der Waals surface area (Å²) in [5.74, 6) is -0.342. The molecule has 0 aliphatic carbocycles. The predicted octanol–water partition coefficient (Wildman–Crippen LogP) is 1.64. The first-order valence-electron chi connectivity index (χ1n) is 6.31. The Hall–Kier alpha value is -2.46. The highest BCUT2D eigenvalue weighted by atomic mass is 16.3. The Morgan fingerprint density at radius 2 is 1.40 bits per heavy atom. The van der Waals surface area contributed by atoms with Crippen LogP contribution < -0.4 is 5.32 Å². The number of hydrogen-bond donors (Lipinski definition) is 2. The molecule has 0 aliphatic heterocycles. The Balaban J connectivity index is 2.12. The van der Waals surface area contributed by atoms with Gasteiger partial charge >= 0.3 is 0 Å². The largest absolute Gasteiger partial charge is 0.395 e. The van der Waals surface area contributed by atoms with Crippen LogP contribution in [0.25, 0.3) is 0 Å². The third kappa shape index (κ3) is 3.30. The van der Waals surface area contributed by atoms with E-state index in [4.69, 9.17) is 5.11 Å². The van der Waals surface area contributed by atoms with Gasteiger partial charge < -0.3 is 10.4 Å². The molecular weight excluding hydrogens is 254 g/mol. The van der Waals surface area contributed by atoms with Crippen molar-refractivity contribution in [2.24, 2.45) is 0 Å². The maximum atomic E-state index is 12.2. The molecule has 0 saturated heterocycles. The lowest BCUT2D eigenvalue weighted by Gasteiger charge is -2.05. The maximum absolute atomic E-state index is 12.2. The zero-order valence-corrected chi connectivity index (χ0v) is 10.9. The van der Waals surface area contributed by atoms with E-state index in [0.29, 0.717) is 16.7 Å². The van der Waals surface area contributed by atoms with Crippen LogP contribution in [0.2, 0.25) is 0 Å². The van der Waals surface area contributed by atoms with Crippen LogP contribution >= 0.6 is 0 Å². The van der Waals surface area contributed by atoms with Crippen LogP contribution in [0, 0.1) is 0 Å². The number of rotatable bonds is 5. The molecule has 2 aromatic carbocycles. The molecule has 4 nitrogen and oxygen atoms in total. The number of nitrogens with one attached hydrogen (secondary N) is 1. The molecule has 0 aromatic heterocycles. The normalized spacial score (nSPS) is 10.1. The number of ketones is 1. The average molecular weight is 269 g/mol. The van der Waals surface area contributed by atoms with E-state index in [1.807, 2.05) is 18.2 Å². The molecule has 0 heterocycles. The molecule has 1 amide bonds. The van der Waals surface area contributed by atoms with E-state index in [1.165, 1.54) is 0 Å². The minimum absolute atomic E-state index is 0.0760. The van der Waals surface area contributed by atoms with Crippen LogP contribution in [0.5, 0.6) is 0 Å². The van der Waals surface area contributed by atoms with Crippen molar-refractivity contribution >= 4 is 11.7 Å². The second-order valence-electron chi connectivity index (χ2n) is 4.25. The Morgan fingerprint density at radius 3 is 2.00 bits per heavy atom. The van der Waals surface area contributed by atoms with Crippen molar-refractivity contribution in [3.8, 4) is 0 Å². The first-order chi connectivity index (χ1) is 9.72. The van der Waals surface area contributed by atoms with Gasteiger partial charge in [0.05, 0.1) is 6.61 Å². The van der Waals surface area contributed by atoms with E-state index in [2.05, 4.69) is 5.32 Å². The lowest BCUT2D eigenvalue weighted by atomic mass is 10.0. The van der Waals surface area contributed by atoms with E-state index >= 15 is 0 Å². The van der Waals surface area contributed by atoms with Crippen molar-refractivity contribution in [3.05, 3.63) is 71.3 Å². The van der Waals surface area contributed by atoms with E-state index in [0.717, 1.165) is 0 Å². The second-order valence-corrected chi connectivity index (χ2v) is 4.25. The molecule has 2 N–H and O–H groups in total. The van der Waals surface area contributed by atoms with Crippen molar-refractivity contribution < 1.29 is 14.7 Å². The van der Waals surface area contributed by atoms with Crippen molar-refractivity contribution in [2.75, 3.05) is 13.2 Å². The minimum Gasteiger partial charge on any atom is -0.395 e. The van der Waals surface area contributed by atoms with E-state index in [1.54, 1.807) is 36.4 Å². The Kier molecular flexibility index (Phi) is 4.63. The SMILES string of the molecule is O=C(NCCO)c1ccc(C(=O)c2ccccc2)cc1. The van der Waals surface area contributed by atoms with Crippen LogP contribution in [0.3, 0.4) is 0 Å². The third-order valence-electron chi connectivity index (χ3n) is 2.84. The summed E-state index contributed by atoms with van der Waals surface area (Å²) in [5, 5.41) is 11.2. The summed E-state index contributed by atoms with van der Waals surface area (Å²) in [6.45, 7) is 0.111. The quantitative estimate of drug-likeness (QED) is 0.811. The summed E-state index contributed by atoms with van der Waals surface area (Å²) in [6, 6.07) is 15.4. The number of carbonyl (C=O) groups excluding carboxylic acids is 2. The van der Waals surface area contributed by atoms with Gasteiger partial charge in [-0.2, -0.15) is 0 Å². The van der Waals surface area contributed by atoms with Gasteiger partial charge in [0, 0.05) is 23.2 Å². The summed E-state index contributed by atoms with van der Waals surface area (Å²) in [7, 11) is 0. The predicted molar refractivity (Wildman–Crippen MR) is 75.7 cm³/mol. The zero-order valence-electron chi connectivity index (χ0n) is 10.9. The van der Waals surface area contributed by atoms with E-state index < -0.39 is 0 Å². The number of aliphatic hydroxyl groups excluding tert-OH is 1. The van der Waals surface area contributed by atoms with Gasteiger partial charge in [-0.3, -0.25) is 9.59 Å². The molecule has 20 heavy (non-hydrogen) atoms. The fourth-order valence-electron chi connectivity index (χ4n) is 1.80. The summed E-state index contributed by atoms with van der Waals surface area (Å²) in [5.41, 5.74) is 1.61. The maximum Gasteiger partial charge on any atom is 0.251 e. The smallest absolute Gasteiger partial charge is 0.251 e. The average Bonchev–Trinajstić information content (AvgIpc) is 2.53. The van der Waals surface area contributed by atoms with Crippen LogP contribution in [0.1, 0.15) is 26.3 Å². The molecular formula is C16H15NO3.